The minimum atomic E-state index is -4.72. The van der Waals surface area contributed by atoms with Crippen LogP contribution in [-0.2, 0) is 27.5 Å². The van der Waals surface area contributed by atoms with Crippen LogP contribution < -0.4 is 0 Å². The number of nitrogens with one attached hydrogen (secondary N) is 1. The Kier molecular flexibility index (Phi) is 4.30. The first kappa shape index (κ1) is 18.7. The Hall–Kier alpha value is -2.67. The van der Waals surface area contributed by atoms with Crippen LogP contribution in [0, 0.1) is 12.8 Å². The van der Waals surface area contributed by atoms with Crippen molar-refractivity contribution in [3.63, 3.8) is 0 Å². The molecule has 0 amide bonds. The summed E-state index contributed by atoms with van der Waals surface area (Å²) in [6.45, 7) is 1.98. The third-order valence-corrected chi connectivity index (χ3v) is 7.79. The van der Waals surface area contributed by atoms with Gasteiger partial charge in [0.15, 0.2) is 0 Å². The van der Waals surface area contributed by atoms with Crippen molar-refractivity contribution in [1.29, 1.82) is 0 Å². The molecule has 0 spiro atoms. The highest BCUT2D eigenvalue weighted by molar-refractivity contribution is 7.93. The zero-order valence-corrected chi connectivity index (χ0v) is 16.1. The molecule has 2 atom stereocenters. The van der Waals surface area contributed by atoms with Gasteiger partial charge in [-0.1, -0.05) is 29.8 Å². The number of alkyl halides is 1. The Morgan fingerprint density at radius 3 is 2.61 bits per heavy atom. The number of aliphatic carboxylic acids is 1. The summed E-state index contributed by atoms with van der Waals surface area (Å²) in [4.78, 5) is 14.8. The lowest BCUT2D eigenvalue weighted by Gasteiger charge is -2.32. The van der Waals surface area contributed by atoms with E-state index in [9.17, 15) is 18.3 Å². The van der Waals surface area contributed by atoms with Gasteiger partial charge in [0.1, 0.15) is 0 Å². The van der Waals surface area contributed by atoms with E-state index in [0.29, 0.717) is 12.1 Å². The minimum Gasteiger partial charge on any atom is -0.478 e. The highest BCUT2D eigenvalue weighted by atomic mass is 32.2. The van der Waals surface area contributed by atoms with E-state index in [1.54, 1.807) is 6.07 Å². The quantitative estimate of drug-likeness (QED) is 0.696. The average molecular weight is 401 g/mol. The van der Waals surface area contributed by atoms with Crippen molar-refractivity contribution in [2.24, 2.45) is 5.92 Å². The van der Waals surface area contributed by atoms with Gasteiger partial charge >= 0.3 is 11.0 Å². The normalized spacial score (nSPS) is 19.1. The van der Waals surface area contributed by atoms with E-state index in [-0.39, 0.29) is 17.7 Å². The van der Waals surface area contributed by atoms with Crippen LogP contribution in [-0.4, -0.2) is 29.5 Å². The van der Waals surface area contributed by atoms with Gasteiger partial charge in [0.25, 0.3) is 0 Å². The Balaban J connectivity index is 1.78. The zero-order valence-electron chi connectivity index (χ0n) is 15.3. The van der Waals surface area contributed by atoms with Crippen LogP contribution in [0.15, 0.2) is 53.4 Å². The lowest BCUT2D eigenvalue weighted by Crippen LogP contribution is -2.50. The molecular weight excluding hydrogens is 381 g/mol. The van der Waals surface area contributed by atoms with Crippen LogP contribution >= 0.6 is 0 Å². The molecule has 2 unspecified atom stereocenters. The van der Waals surface area contributed by atoms with E-state index in [1.165, 1.54) is 24.3 Å². The van der Waals surface area contributed by atoms with Gasteiger partial charge in [-0.15, -0.1) is 0 Å². The van der Waals surface area contributed by atoms with Gasteiger partial charge in [-0.05, 0) is 56.0 Å². The molecule has 28 heavy (non-hydrogen) atoms. The Morgan fingerprint density at radius 2 is 1.93 bits per heavy atom. The summed E-state index contributed by atoms with van der Waals surface area (Å²) in [5.41, 5.74) is 3.71. The Labute approximate surface area is 162 Å². The molecule has 0 fully saturated rings. The smallest absolute Gasteiger partial charge is 0.358 e. The lowest BCUT2D eigenvalue weighted by atomic mass is 9.83. The molecule has 1 aromatic heterocycles. The van der Waals surface area contributed by atoms with Crippen LogP contribution in [0.25, 0.3) is 10.9 Å². The molecule has 0 bridgehead atoms. The number of fused-ring (bicyclic) bond motifs is 3. The second-order valence-corrected chi connectivity index (χ2v) is 9.41. The van der Waals surface area contributed by atoms with Gasteiger partial charge in [-0.25, -0.2) is 17.6 Å². The summed E-state index contributed by atoms with van der Waals surface area (Å²) in [5.74, 6) is -3.14. The fourth-order valence-corrected chi connectivity index (χ4v) is 5.87. The van der Waals surface area contributed by atoms with Gasteiger partial charge in [0, 0.05) is 22.5 Å². The van der Waals surface area contributed by atoms with Crippen LogP contribution in [0.2, 0.25) is 0 Å². The van der Waals surface area contributed by atoms with Crippen molar-refractivity contribution in [3.05, 3.63) is 65.4 Å². The van der Waals surface area contributed by atoms with Crippen molar-refractivity contribution >= 4 is 26.7 Å². The molecule has 2 aromatic carbocycles. The number of aromatic amines is 1. The predicted octanol–water partition coefficient (Wildman–Crippen LogP) is 3.81. The number of carboxylic acids is 1. The molecule has 5 nitrogen and oxygen atoms in total. The number of benzene rings is 2. The third kappa shape index (κ3) is 2.64. The predicted molar refractivity (Wildman–Crippen MR) is 104 cm³/mol. The van der Waals surface area contributed by atoms with Gasteiger partial charge in [-0.3, -0.25) is 0 Å². The van der Waals surface area contributed by atoms with Crippen molar-refractivity contribution in [3.8, 4) is 0 Å². The van der Waals surface area contributed by atoms with Gasteiger partial charge in [0.2, 0.25) is 9.84 Å². The first-order valence-corrected chi connectivity index (χ1v) is 10.6. The molecule has 0 radical (unpaired) electrons. The van der Waals surface area contributed by atoms with E-state index < -0.39 is 26.7 Å². The molecule has 1 heterocycles. The average Bonchev–Trinajstić information content (AvgIpc) is 3.04. The molecule has 1 aliphatic carbocycles. The maximum Gasteiger partial charge on any atom is 0.358 e. The second kappa shape index (κ2) is 6.44. The Morgan fingerprint density at radius 1 is 1.21 bits per heavy atom. The topological polar surface area (TPSA) is 87.2 Å². The Bertz CT molecular complexity index is 1170. The van der Waals surface area contributed by atoms with Gasteiger partial charge in [0.05, 0.1) is 4.90 Å². The standard InChI is InChI=1S/C21H20FNO4S/c1-13-7-10-18-17(11-13)16-9-8-14(12-19(16)23-18)21(22,20(24)25)28(26,27)15-5-3-2-4-6-15/h2-7,10-11,14,23H,8-9,12H2,1H3,(H,24,25). The number of hydrogen-bond donors (Lipinski definition) is 2. The van der Waals surface area contributed by atoms with Crippen LogP contribution in [0.3, 0.4) is 0 Å². The van der Waals surface area contributed by atoms with Crippen molar-refractivity contribution in [1.82, 2.24) is 4.98 Å². The fraction of sp³-hybridized carbons (Fsp3) is 0.286. The van der Waals surface area contributed by atoms with Crippen molar-refractivity contribution in [2.75, 3.05) is 0 Å². The SMILES string of the molecule is Cc1ccc2[nH]c3c(c2c1)CCC(C(F)(C(=O)O)S(=O)(=O)c1ccccc1)C3. The lowest BCUT2D eigenvalue weighted by molar-refractivity contribution is -0.148. The van der Waals surface area contributed by atoms with E-state index in [2.05, 4.69) is 4.98 Å². The molecular formula is C21H20FNO4S. The number of rotatable bonds is 4. The number of aromatic nitrogens is 1. The highest BCUT2D eigenvalue weighted by Gasteiger charge is 2.59. The maximum atomic E-state index is 15.9. The van der Waals surface area contributed by atoms with Crippen LogP contribution in [0.4, 0.5) is 4.39 Å². The van der Waals surface area contributed by atoms with Gasteiger partial charge in [-0.2, -0.15) is 0 Å². The van der Waals surface area contributed by atoms with Gasteiger partial charge < -0.3 is 10.1 Å². The van der Waals surface area contributed by atoms with Crippen LogP contribution in [0.1, 0.15) is 23.2 Å². The summed E-state index contributed by atoms with van der Waals surface area (Å²) >= 11 is 0. The number of carbonyl (C=O) groups is 1. The molecule has 146 valence electrons. The molecule has 7 heteroatoms. The molecule has 0 aliphatic heterocycles. The first-order valence-electron chi connectivity index (χ1n) is 9.07. The summed E-state index contributed by atoms with van der Waals surface area (Å²) in [5, 5.41) is 7.28. The summed E-state index contributed by atoms with van der Waals surface area (Å²) in [6, 6.07) is 12.9. The van der Waals surface area contributed by atoms with E-state index in [4.69, 9.17) is 0 Å². The number of carboxylic acid groups (broad SMARTS) is 1. The van der Waals surface area contributed by atoms with Crippen molar-refractivity contribution in [2.45, 2.75) is 36.1 Å². The first-order chi connectivity index (χ1) is 13.2. The number of hydrogen-bond acceptors (Lipinski definition) is 3. The van der Waals surface area contributed by atoms with E-state index in [1.807, 2.05) is 25.1 Å². The monoisotopic (exact) mass is 401 g/mol. The summed E-state index contributed by atoms with van der Waals surface area (Å²) in [6.07, 6.45) is 0.591. The van der Waals surface area contributed by atoms with Crippen LogP contribution in [0.5, 0.6) is 0 Å². The van der Waals surface area contributed by atoms with E-state index >= 15 is 4.39 Å². The minimum absolute atomic E-state index is 0.0257. The molecule has 0 saturated carbocycles. The summed E-state index contributed by atoms with van der Waals surface area (Å²) in [7, 11) is -4.72. The zero-order chi connectivity index (χ0) is 20.1. The molecule has 0 saturated heterocycles. The largest absolute Gasteiger partial charge is 0.478 e. The molecule has 1 aliphatic rings. The van der Waals surface area contributed by atoms with E-state index in [0.717, 1.165) is 22.0 Å². The number of sulfone groups is 1. The number of H-pyrrole nitrogens is 1. The fourth-order valence-electron chi connectivity index (χ4n) is 4.14. The number of aryl methyl sites for hydroxylation is 2. The molecule has 3 aromatic rings. The maximum absolute atomic E-state index is 15.9. The second-order valence-electron chi connectivity index (χ2n) is 7.34. The van der Waals surface area contributed by atoms with Crippen molar-refractivity contribution < 1.29 is 22.7 Å². The number of halogens is 1. The molecule has 2 N–H and O–H groups in total. The molecule has 4 rings (SSSR count). The third-order valence-electron chi connectivity index (χ3n) is 5.60. The summed E-state index contributed by atoms with van der Waals surface area (Å²) < 4.78 is 41.8. The highest BCUT2D eigenvalue weighted by Crippen LogP contribution is 2.43.